The lowest BCUT2D eigenvalue weighted by Crippen LogP contribution is -2.34. The Labute approximate surface area is 119 Å². The Balaban J connectivity index is 2.60. The van der Waals surface area contributed by atoms with Crippen LogP contribution in [0.5, 0.6) is 0 Å². The molecule has 106 valence electrons. The molecule has 1 aromatic heterocycles. The van der Waals surface area contributed by atoms with Gasteiger partial charge in [-0.25, -0.2) is 4.98 Å². The van der Waals surface area contributed by atoms with Gasteiger partial charge >= 0.3 is 0 Å². The van der Waals surface area contributed by atoms with Gasteiger partial charge in [0.25, 0.3) is 5.91 Å². The van der Waals surface area contributed by atoms with Gasteiger partial charge in [0.15, 0.2) is 0 Å². The van der Waals surface area contributed by atoms with E-state index in [0.717, 1.165) is 10.8 Å². The highest BCUT2D eigenvalue weighted by Crippen LogP contribution is 2.19. The maximum absolute atomic E-state index is 12.0. The van der Waals surface area contributed by atoms with Crippen molar-refractivity contribution in [2.45, 2.75) is 32.2 Å². The Morgan fingerprint density at radius 2 is 2.26 bits per heavy atom. The van der Waals surface area contributed by atoms with Crippen molar-refractivity contribution in [3.63, 3.8) is 0 Å². The van der Waals surface area contributed by atoms with E-state index in [-0.39, 0.29) is 17.9 Å². The van der Waals surface area contributed by atoms with Crippen molar-refractivity contribution in [1.82, 2.24) is 10.3 Å². The third-order valence-electron chi connectivity index (χ3n) is 2.81. The van der Waals surface area contributed by atoms with Gasteiger partial charge in [0.1, 0.15) is 0 Å². The summed E-state index contributed by atoms with van der Waals surface area (Å²) >= 11 is 1.61. The number of hydrogen-bond acceptors (Lipinski definition) is 4. The Kier molecular flexibility index (Phi) is 6.31. The first-order valence-electron chi connectivity index (χ1n) is 6.46. The summed E-state index contributed by atoms with van der Waals surface area (Å²) in [7, 11) is 0. The number of amides is 1. The molecule has 2 N–H and O–H groups in total. The number of carbonyl (C=O) groups is 1. The van der Waals surface area contributed by atoms with Gasteiger partial charge in [-0.3, -0.25) is 4.79 Å². The molecule has 4 nitrogen and oxygen atoms in total. The van der Waals surface area contributed by atoms with Gasteiger partial charge < -0.3 is 10.4 Å². The number of pyridine rings is 1. The van der Waals surface area contributed by atoms with Gasteiger partial charge in [-0.2, -0.15) is 0 Å². The van der Waals surface area contributed by atoms with E-state index in [9.17, 15) is 4.79 Å². The fourth-order valence-electron chi connectivity index (χ4n) is 1.59. The van der Waals surface area contributed by atoms with Crippen LogP contribution in [0.15, 0.2) is 23.4 Å². The molecular weight excluding hydrogens is 260 g/mol. The molecule has 0 atom stereocenters. The molecule has 0 fully saturated rings. The SMILES string of the molecule is CCSc1cc(C(=O)NCC(C)(C)CCO)ccn1. The summed E-state index contributed by atoms with van der Waals surface area (Å²) in [6.07, 6.45) is 2.33. The average Bonchev–Trinajstić information content (AvgIpc) is 2.37. The zero-order valence-electron chi connectivity index (χ0n) is 11.8. The third-order valence-corrected chi connectivity index (χ3v) is 3.61. The summed E-state index contributed by atoms with van der Waals surface area (Å²) in [5.41, 5.74) is 0.532. The molecule has 19 heavy (non-hydrogen) atoms. The molecule has 1 rings (SSSR count). The molecule has 1 aromatic rings. The third kappa shape index (κ3) is 5.61. The van der Waals surface area contributed by atoms with Gasteiger partial charge in [0.05, 0.1) is 5.03 Å². The van der Waals surface area contributed by atoms with Crippen molar-refractivity contribution in [2.75, 3.05) is 18.9 Å². The Hall–Kier alpha value is -1.07. The number of aromatic nitrogens is 1. The van der Waals surface area contributed by atoms with E-state index in [1.165, 1.54) is 0 Å². The normalized spacial score (nSPS) is 11.4. The lowest BCUT2D eigenvalue weighted by molar-refractivity contribution is 0.0928. The zero-order valence-corrected chi connectivity index (χ0v) is 12.6. The Bertz CT molecular complexity index is 422. The van der Waals surface area contributed by atoms with Crippen molar-refractivity contribution in [3.8, 4) is 0 Å². The van der Waals surface area contributed by atoms with E-state index in [0.29, 0.717) is 18.5 Å². The van der Waals surface area contributed by atoms with Crippen molar-refractivity contribution >= 4 is 17.7 Å². The molecular formula is C14H22N2O2S. The highest BCUT2D eigenvalue weighted by molar-refractivity contribution is 7.99. The van der Waals surface area contributed by atoms with Crippen molar-refractivity contribution in [2.24, 2.45) is 5.41 Å². The molecule has 0 radical (unpaired) electrons. The molecule has 0 aliphatic carbocycles. The highest BCUT2D eigenvalue weighted by Gasteiger charge is 2.18. The molecule has 0 saturated heterocycles. The van der Waals surface area contributed by atoms with Gasteiger partial charge in [-0.05, 0) is 29.7 Å². The lowest BCUT2D eigenvalue weighted by atomic mass is 9.89. The monoisotopic (exact) mass is 282 g/mol. The average molecular weight is 282 g/mol. The smallest absolute Gasteiger partial charge is 0.251 e. The number of thioether (sulfide) groups is 1. The second-order valence-electron chi connectivity index (χ2n) is 5.14. The fraction of sp³-hybridized carbons (Fsp3) is 0.571. The van der Waals surface area contributed by atoms with E-state index in [2.05, 4.69) is 17.2 Å². The van der Waals surface area contributed by atoms with Crippen LogP contribution in [-0.4, -0.2) is 34.9 Å². The first kappa shape index (κ1) is 16.0. The predicted octanol–water partition coefficient (Wildman–Crippen LogP) is 2.33. The van der Waals surface area contributed by atoms with Crippen LogP contribution in [0.3, 0.4) is 0 Å². The maximum atomic E-state index is 12.0. The first-order valence-corrected chi connectivity index (χ1v) is 7.45. The van der Waals surface area contributed by atoms with Crippen molar-refractivity contribution in [3.05, 3.63) is 23.9 Å². The van der Waals surface area contributed by atoms with Crippen LogP contribution in [0.4, 0.5) is 0 Å². The van der Waals surface area contributed by atoms with Crippen molar-refractivity contribution in [1.29, 1.82) is 0 Å². The van der Waals surface area contributed by atoms with Crippen LogP contribution in [0, 0.1) is 5.41 Å². The second kappa shape index (κ2) is 7.50. The van der Waals surface area contributed by atoms with Crippen molar-refractivity contribution < 1.29 is 9.90 Å². The molecule has 0 aromatic carbocycles. The maximum Gasteiger partial charge on any atom is 0.251 e. The minimum atomic E-state index is -0.0988. The van der Waals surface area contributed by atoms with E-state index < -0.39 is 0 Å². The lowest BCUT2D eigenvalue weighted by Gasteiger charge is -2.23. The number of rotatable bonds is 7. The first-order chi connectivity index (χ1) is 8.98. The van der Waals surface area contributed by atoms with E-state index in [1.807, 2.05) is 19.9 Å². The van der Waals surface area contributed by atoms with Crippen LogP contribution < -0.4 is 5.32 Å². The molecule has 0 aliphatic rings. The molecule has 0 bridgehead atoms. The Morgan fingerprint density at radius 3 is 2.89 bits per heavy atom. The predicted molar refractivity (Wildman–Crippen MR) is 78.5 cm³/mol. The second-order valence-corrected chi connectivity index (χ2v) is 6.42. The number of carbonyl (C=O) groups excluding carboxylic acids is 1. The summed E-state index contributed by atoms with van der Waals surface area (Å²) in [5.74, 6) is 0.841. The fourth-order valence-corrected chi connectivity index (χ4v) is 2.23. The molecule has 0 saturated carbocycles. The molecule has 0 unspecified atom stereocenters. The van der Waals surface area contributed by atoms with Crippen LogP contribution in [0.25, 0.3) is 0 Å². The minimum absolute atomic E-state index is 0.0913. The molecule has 5 heteroatoms. The van der Waals surface area contributed by atoms with Crippen LogP contribution in [-0.2, 0) is 0 Å². The van der Waals surface area contributed by atoms with E-state index >= 15 is 0 Å². The summed E-state index contributed by atoms with van der Waals surface area (Å²) in [4.78, 5) is 16.2. The highest BCUT2D eigenvalue weighted by atomic mass is 32.2. The summed E-state index contributed by atoms with van der Waals surface area (Å²) < 4.78 is 0. The number of aliphatic hydroxyl groups excluding tert-OH is 1. The molecule has 0 spiro atoms. The number of hydrogen-bond donors (Lipinski definition) is 2. The topological polar surface area (TPSA) is 62.2 Å². The van der Waals surface area contributed by atoms with E-state index in [4.69, 9.17) is 5.11 Å². The summed E-state index contributed by atoms with van der Waals surface area (Å²) in [5, 5.41) is 12.7. The van der Waals surface area contributed by atoms with Gasteiger partial charge in [0, 0.05) is 24.9 Å². The summed E-state index contributed by atoms with van der Waals surface area (Å²) in [6, 6.07) is 3.52. The number of nitrogens with zero attached hydrogens (tertiary/aromatic N) is 1. The van der Waals surface area contributed by atoms with Crippen LogP contribution in [0.2, 0.25) is 0 Å². The Morgan fingerprint density at radius 1 is 1.53 bits per heavy atom. The number of aliphatic hydroxyl groups is 1. The standard InChI is InChI=1S/C14H22N2O2S/c1-4-19-12-9-11(5-7-15-12)13(18)16-10-14(2,3)6-8-17/h5,7,9,17H,4,6,8,10H2,1-3H3,(H,16,18). The van der Waals surface area contributed by atoms with Gasteiger partial charge in [-0.1, -0.05) is 20.8 Å². The van der Waals surface area contributed by atoms with Gasteiger partial charge in [0.2, 0.25) is 0 Å². The molecule has 1 heterocycles. The van der Waals surface area contributed by atoms with Crippen LogP contribution in [0.1, 0.15) is 37.6 Å². The van der Waals surface area contributed by atoms with Crippen LogP contribution >= 0.6 is 11.8 Å². The largest absolute Gasteiger partial charge is 0.396 e. The zero-order chi connectivity index (χ0) is 14.3. The number of nitrogens with one attached hydrogen (secondary N) is 1. The minimum Gasteiger partial charge on any atom is -0.396 e. The summed E-state index contributed by atoms with van der Waals surface area (Å²) in [6.45, 7) is 6.78. The van der Waals surface area contributed by atoms with E-state index in [1.54, 1.807) is 24.0 Å². The molecule has 1 amide bonds. The molecule has 0 aliphatic heterocycles. The van der Waals surface area contributed by atoms with Gasteiger partial charge in [-0.15, -0.1) is 11.8 Å². The quantitative estimate of drug-likeness (QED) is 0.754.